The average molecular weight is 249 g/mol. The Morgan fingerprint density at radius 2 is 2.22 bits per heavy atom. The van der Waals surface area contributed by atoms with Gasteiger partial charge in [-0.05, 0) is 11.0 Å². The van der Waals surface area contributed by atoms with Gasteiger partial charge in [0.25, 0.3) is 0 Å². The molecule has 0 radical (unpaired) electrons. The zero-order chi connectivity index (χ0) is 13.0. The lowest BCUT2D eigenvalue weighted by molar-refractivity contribution is 0.134. The first-order valence-electron chi connectivity index (χ1n) is 5.73. The van der Waals surface area contributed by atoms with Crippen LogP contribution in [0, 0.1) is 5.41 Å². The SMILES string of the molecule is N=C(N)NCc1ccc(B2OCC(CO)O2)cc1. The third-order valence-electron chi connectivity index (χ3n) is 2.69. The van der Waals surface area contributed by atoms with E-state index in [1.807, 2.05) is 24.3 Å². The molecule has 1 aliphatic heterocycles. The maximum Gasteiger partial charge on any atom is 0.494 e. The largest absolute Gasteiger partial charge is 0.494 e. The molecule has 1 heterocycles. The summed E-state index contributed by atoms with van der Waals surface area (Å²) in [6.07, 6.45) is -0.242. The van der Waals surface area contributed by atoms with E-state index in [0.29, 0.717) is 13.2 Å². The van der Waals surface area contributed by atoms with Crippen LogP contribution in [-0.4, -0.2) is 37.5 Å². The molecular weight excluding hydrogens is 233 g/mol. The predicted octanol–water partition coefficient (Wildman–Crippen LogP) is -1.23. The predicted molar refractivity (Wildman–Crippen MR) is 68.5 cm³/mol. The maximum atomic E-state index is 8.95. The third-order valence-corrected chi connectivity index (χ3v) is 2.69. The molecular formula is C11H16BN3O3. The molecule has 1 unspecified atom stereocenters. The summed E-state index contributed by atoms with van der Waals surface area (Å²) >= 11 is 0. The van der Waals surface area contributed by atoms with E-state index in [-0.39, 0.29) is 18.7 Å². The summed E-state index contributed by atoms with van der Waals surface area (Å²) in [4.78, 5) is 0. The van der Waals surface area contributed by atoms with Crippen molar-refractivity contribution in [2.45, 2.75) is 12.6 Å². The number of rotatable bonds is 4. The van der Waals surface area contributed by atoms with Crippen molar-refractivity contribution in [2.24, 2.45) is 5.73 Å². The van der Waals surface area contributed by atoms with Gasteiger partial charge in [0.15, 0.2) is 5.96 Å². The molecule has 1 aromatic rings. The topological polar surface area (TPSA) is 101 Å². The van der Waals surface area contributed by atoms with Crippen LogP contribution in [0.4, 0.5) is 0 Å². The molecule has 1 aliphatic rings. The number of aliphatic hydroxyl groups is 1. The highest BCUT2D eigenvalue weighted by atomic mass is 16.6. The third kappa shape index (κ3) is 3.22. The Bertz CT molecular complexity index is 412. The summed E-state index contributed by atoms with van der Waals surface area (Å²) in [5.41, 5.74) is 7.14. The second-order valence-electron chi connectivity index (χ2n) is 4.11. The van der Waals surface area contributed by atoms with Crippen LogP contribution in [-0.2, 0) is 15.9 Å². The Labute approximate surface area is 106 Å². The van der Waals surface area contributed by atoms with Crippen molar-refractivity contribution in [2.75, 3.05) is 13.2 Å². The normalized spacial score (nSPS) is 18.9. The quantitative estimate of drug-likeness (QED) is 0.304. The van der Waals surface area contributed by atoms with E-state index in [4.69, 9.17) is 25.6 Å². The number of benzene rings is 1. The van der Waals surface area contributed by atoms with Gasteiger partial charge in [0, 0.05) is 6.54 Å². The number of nitrogens with two attached hydrogens (primary N) is 1. The number of nitrogens with one attached hydrogen (secondary N) is 2. The van der Waals surface area contributed by atoms with Crippen LogP contribution in [0.3, 0.4) is 0 Å². The minimum atomic E-state index is -0.406. The zero-order valence-electron chi connectivity index (χ0n) is 9.93. The molecule has 1 fully saturated rings. The lowest BCUT2D eigenvalue weighted by Crippen LogP contribution is -2.33. The molecule has 6 nitrogen and oxygen atoms in total. The Hall–Kier alpha value is -1.57. The first-order chi connectivity index (χ1) is 8.69. The molecule has 0 aromatic heterocycles. The number of hydrogen-bond donors (Lipinski definition) is 4. The van der Waals surface area contributed by atoms with Gasteiger partial charge in [-0.15, -0.1) is 0 Å². The van der Waals surface area contributed by atoms with E-state index < -0.39 is 7.12 Å². The van der Waals surface area contributed by atoms with Crippen LogP contribution in [0.15, 0.2) is 24.3 Å². The molecule has 1 atom stereocenters. The molecule has 2 rings (SSSR count). The van der Waals surface area contributed by atoms with E-state index in [9.17, 15) is 0 Å². The average Bonchev–Trinajstić information content (AvgIpc) is 2.85. The van der Waals surface area contributed by atoms with Gasteiger partial charge in [0.2, 0.25) is 0 Å². The Morgan fingerprint density at radius 1 is 1.50 bits per heavy atom. The molecule has 0 aliphatic carbocycles. The molecule has 7 heteroatoms. The molecule has 0 amide bonds. The van der Waals surface area contributed by atoms with Gasteiger partial charge < -0.3 is 25.5 Å². The summed E-state index contributed by atoms with van der Waals surface area (Å²) < 4.78 is 10.9. The Morgan fingerprint density at radius 3 is 2.78 bits per heavy atom. The van der Waals surface area contributed by atoms with Crippen molar-refractivity contribution in [1.82, 2.24) is 5.32 Å². The fourth-order valence-corrected chi connectivity index (χ4v) is 1.71. The van der Waals surface area contributed by atoms with E-state index in [0.717, 1.165) is 11.0 Å². The molecule has 1 saturated heterocycles. The fraction of sp³-hybridized carbons (Fsp3) is 0.364. The standard InChI is InChI=1S/C11H16BN3O3/c13-11(14)15-5-8-1-3-9(4-2-8)12-17-7-10(6-16)18-12/h1-4,10,16H,5-7H2,(H4,13,14,15). The van der Waals surface area contributed by atoms with Crippen molar-refractivity contribution in [3.05, 3.63) is 29.8 Å². The minimum absolute atomic E-state index is 0.0306. The van der Waals surface area contributed by atoms with E-state index in [1.165, 1.54) is 0 Å². The van der Waals surface area contributed by atoms with E-state index in [1.54, 1.807) is 0 Å². The van der Waals surface area contributed by atoms with Crippen LogP contribution >= 0.6 is 0 Å². The first-order valence-corrected chi connectivity index (χ1v) is 5.73. The van der Waals surface area contributed by atoms with Gasteiger partial charge in [0.1, 0.15) is 0 Å². The highest BCUT2D eigenvalue weighted by Gasteiger charge is 2.32. The number of guanidine groups is 1. The van der Waals surface area contributed by atoms with Crippen molar-refractivity contribution in [1.29, 1.82) is 5.41 Å². The van der Waals surface area contributed by atoms with E-state index in [2.05, 4.69) is 5.32 Å². The van der Waals surface area contributed by atoms with E-state index >= 15 is 0 Å². The van der Waals surface area contributed by atoms with Crippen molar-refractivity contribution in [3.63, 3.8) is 0 Å². The van der Waals surface area contributed by atoms with Crippen LogP contribution in [0.25, 0.3) is 0 Å². The lowest BCUT2D eigenvalue weighted by Gasteiger charge is -2.08. The molecule has 96 valence electrons. The summed E-state index contributed by atoms with van der Waals surface area (Å²) in [7, 11) is -0.406. The monoisotopic (exact) mass is 249 g/mol. The van der Waals surface area contributed by atoms with Gasteiger partial charge in [-0.1, -0.05) is 24.3 Å². The highest BCUT2D eigenvalue weighted by Crippen LogP contribution is 2.08. The Balaban J connectivity index is 1.93. The van der Waals surface area contributed by atoms with Crippen LogP contribution in [0.2, 0.25) is 0 Å². The van der Waals surface area contributed by atoms with Gasteiger partial charge in [-0.25, -0.2) is 0 Å². The number of hydrogen-bond acceptors (Lipinski definition) is 4. The smallest absolute Gasteiger partial charge is 0.405 e. The van der Waals surface area contributed by atoms with Gasteiger partial charge in [-0.3, -0.25) is 5.41 Å². The van der Waals surface area contributed by atoms with Crippen LogP contribution < -0.4 is 16.5 Å². The zero-order valence-corrected chi connectivity index (χ0v) is 9.93. The van der Waals surface area contributed by atoms with Crippen molar-refractivity contribution < 1.29 is 14.4 Å². The lowest BCUT2D eigenvalue weighted by atomic mass is 9.79. The number of aliphatic hydroxyl groups excluding tert-OH is 1. The fourth-order valence-electron chi connectivity index (χ4n) is 1.71. The van der Waals surface area contributed by atoms with Crippen LogP contribution in [0.5, 0.6) is 0 Å². The van der Waals surface area contributed by atoms with Crippen molar-refractivity contribution >= 4 is 18.5 Å². The van der Waals surface area contributed by atoms with Crippen LogP contribution in [0.1, 0.15) is 5.56 Å². The summed E-state index contributed by atoms with van der Waals surface area (Å²) in [6.45, 7) is 0.896. The Kier molecular flexibility index (Phi) is 4.19. The molecule has 0 bridgehead atoms. The van der Waals surface area contributed by atoms with Crippen molar-refractivity contribution in [3.8, 4) is 0 Å². The summed E-state index contributed by atoms with van der Waals surface area (Å²) in [6, 6.07) is 7.65. The van der Waals surface area contributed by atoms with Gasteiger partial charge in [-0.2, -0.15) is 0 Å². The summed E-state index contributed by atoms with van der Waals surface area (Å²) in [5, 5.41) is 18.8. The highest BCUT2D eigenvalue weighted by molar-refractivity contribution is 6.61. The second kappa shape index (κ2) is 5.86. The molecule has 5 N–H and O–H groups in total. The molecule has 0 saturated carbocycles. The molecule has 0 spiro atoms. The molecule has 1 aromatic carbocycles. The van der Waals surface area contributed by atoms with Gasteiger partial charge in [0.05, 0.1) is 19.3 Å². The minimum Gasteiger partial charge on any atom is -0.405 e. The summed E-state index contributed by atoms with van der Waals surface area (Å²) in [5.74, 6) is -0.0488. The second-order valence-corrected chi connectivity index (χ2v) is 4.11. The molecule has 18 heavy (non-hydrogen) atoms. The first kappa shape index (κ1) is 12.9. The maximum absolute atomic E-state index is 8.95. The van der Waals surface area contributed by atoms with Gasteiger partial charge >= 0.3 is 7.12 Å².